The summed E-state index contributed by atoms with van der Waals surface area (Å²) in [5.74, 6) is 1.47. The van der Waals surface area contributed by atoms with Crippen LogP contribution in [0.5, 0.6) is 5.75 Å². The van der Waals surface area contributed by atoms with Gasteiger partial charge >= 0.3 is 0 Å². The van der Waals surface area contributed by atoms with E-state index in [9.17, 15) is 0 Å². The second kappa shape index (κ2) is 5.21. The molecule has 2 N–H and O–H groups in total. The SMILES string of the molecule is COc1ccc(Cl)cc1-c1cnc(CCO)[nH]1. The molecule has 0 amide bonds. The van der Waals surface area contributed by atoms with Crippen LogP contribution in [0.1, 0.15) is 5.82 Å². The number of hydrogen-bond acceptors (Lipinski definition) is 3. The molecule has 0 bridgehead atoms. The zero-order valence-corrected chi connectivity index (χ0v) is 10.2. The number of aliphatic hydroxyl groups excluding tert-OH is 1. The Kier molecular flexibility index (Phi) is 3.66. The first-order chi connectivity index (χ1) is 8.24. The third-order valence-electron chi connectivity index (χ3n) is 2.43. The first-order valence-corrected chi connectivity index (χ1v) is 5.61. The third kappa shape index (κ3) is 2.60. The molecule has 0 spiro atoms. The molecule has 2 rings (SSSR count). The summed E-state index contributed by atoms with van der Waals surface area (Å²) in [5, 5.41) is 9.48. The van der Waals surface area contributed by atoms with Gasteiger partial charge in [0, 0.05) is 17.0 Å². The predicted molar refractivity (Wildman–Crippen MR) is 66.4 cm³/mol. The van der Waals surface area contributed by atoms with Crippen LogP contribution in [0.3, 0.4) is 0 Å². The van der Waals surface area contributed by atoms with Crippen molar-refractivity contribution < 1.29 is 9.84 Å². The summed E-state index contributed by atoms with van der Waals surface area (Å²) in [6, 6.07) is 5.40. The molecule has 0 unspecified atom stereocenters. The van der Waals surface area contributed by atoms with Crippen molar-refractivity contribution in [3.05, 3.63) is 35.2 Å². The molecule has 0 saturated carbocycles. The number of hydrogen-bond donors (Lipinski definition) is 2. The Morgan fingerprint density at radius 3 is 3.00 bits per heavy atom. The molecule has 0 atom stereocenters. The first kappa shape index (κ1) is 12.0. The number of benzene rings is 1. The zero-order chi connectivity index (χ0) is 12.3. The Morgan fingerprint density at radius 2 is 2.29 bits per heavy atom. The molecule has 0 aliphatic carbocycles. The van der Waals surface area contributed by atoms with Gasteiger partial charge in [-0.2, -0.15) is 0 Å². The van der Waals surface area contributed by atoms with Crippen molar-refractivity contribution in [3.63, 3.8) is 0 Å². The van der Waals surface area contributed by atoms with E-state index in [1.54, 1.807) is 19.4 Å². The van der Waals surface area contributed by atoms with Gasteiger partial charge in [0.2, 0.25) is 0 Å². The van der Waals surface area contributed by atoms with Gasteiger partial charge in [-0.1, -0.05) is 11.6 Å². The van der Waals surface area contributed by atoms with E-state index in [0.29, 0.717) is 11.4 Å². The molecule has 1 aromatic heterocycles. The number of aromatic nitrogens is 2. The zero-order valence-electron chi connectivity index (χ0n) is 9.40. The van der Waals surface area contributed by atoms with Crippen LogP contribution < -0.4 is 4.74 Å². The Balaban J connectivity index is 2.40. The van der Waals surface area contributed by atoms with Crippen LogP contribution in [0.4, 0.5) is 0 Å². The minimum atomic E-state index is 0.0691. The van der Waals surface area contributed by atoms with Gasteiger partial charge in [0.05, 0.1) is 25.6 Å². The number of halogens is 1. The molecule has 0 saturated heterocycles. The van der Waals surface area contributed by atoms with Crippen molar-refractivity contribution in [2.24, 2.45) is 0 Å². The molecular formula is C12H13ClN2O2. The summed E-state index contributed by atoms with van der Waals surface area (Å²) >= 11 is 5.96. The van der Waals surface area contributed by atoms with Gasteiger partial charge in [0.15, 0.2) is 0 Å². The maximum Gasteiger partial charge on any atom is 0.128 e. The highest BCUT2D eigenvalue weighted by atomic mass is 35.5. The van der Waals surface area contributed by atoms with Crippen LogP contribution in [0, 0.1) is 0 Å². The van der Waals surface area contributed by atoms with E-state index >= 15 is 0 Å². The van der Waals surface area contributed by atoms with Crippen molar-refractivity contribution in [2.75, 3.05) is 13.7 Å². The van der Waals surface area contributed by atoms with Crippen LogP contribution in [0.15, 0.2) is 24.4 Å². The average molecular weight is 253 g/mol. The van der Waals surface area contributed by atoms with E-state index in [1.807, 2.05) is 12.1 Å². The summed E-state index contributed by atoms with van der Waals surface area (Å²) in [7, 11) is 1.61. The average Bonchev–Trinajstić information content (AvgIpc) is 2.78. The van der Waals surface area contributed by atoms with Gasteiger partial charge in [-0.15, -0.1) is 0 Å². The number of methoxy groups -OCH3 is 1. The molecule has 1 aromatic carbocycles. The highest BCUT2D eigenvalue weighted by Gasteiger charge is 2.09. The van der Waals surface area contributed by atoms with Crippen molar-refractivity contribution >= 4 is 11.6 Å². The summed E-state index contributed by atoms with van der Waals surface area (Å²) in [6.45, 7) is 0.0691. The molecule has 5 heteroatoms. The van der Waals surface area contributed by atoms with E-state index in [1.165, 1.54) is 0 Å². The molecule has 0 aliphatic rings. The van der Waals surface area contributed by atoms with Crippen LogP contribution in [0.2, 0.25) is 5.02 Å². The minimum absolute atomic E-state index is 0.0691. The number of rotatable bonds is 4. The number of H-pyrrole nitrogens is 1. The molecule has 2 aromatic rings. The highest BCUT2D eigenvalue weighted by Crippen LogP contribution is 2.31. The van der Waals surface area contributed by atoms with Gasteiger partial charge in [-0.25, -0.2) is 4.98 Å². The van der Waals surface area contributed by atoms with Crippen LogP contribution in [-0.4, -0.2) is 28.8 Å². The van der Waals surface area contributed by atoms with Crippen LogP contribution in [-0.2, 0) is 6.42 Å². The van der Waals surface area contributed by atoms with Crippen molar-refractivity contribution in [2.45, 2.75) is 6.42 Å². The fraction of sp³-hybridized carbons (Fsp3) is 0.250. The molecule has 17 heavy (non-hydrogen) atoms. The molecule has 90 valence electrons. The molecule has 1 heterocycles. The smallest absolute Gasteiger partial charge is 0.128 e. The van der Waals surface area contributed by atoms with E-state index < -0.39 is 0 Å². The normalized spacial score (nSPS) is 10.5. The lowest BCUT2D eigenvalue weighted by Gasteiger charge is -2.06. The van der Waals surface area contributed by atoms with Gasteiger partial charge in [0.1, 0.15) is 11.6 Å². The summed E-state index contributed by atoms with van der Waals surface area (Å²) < 4.78 is 5.27. The van der Waals surface area contributed by atoms with E-state index in [4.69, 9.17) is 21.4 Å². The third-order valence-corrected chi connectivity index (χ3v) is 2.66. The first-order valence-electron chi connectivity index (χ1n) is 5.23. The highest BCUT2D eigenvalue weighted by molar-refractivity contribution is 6.30. The van der Waals surface area contributed by atoms with Crippen molar-refractivity contribution in [1.29, 1.82) is 0 Å². The second-order valence-electron chi connectivity index (χ2n) is 3.56. The maximum absolute atomic E-state index is 8.84. The number of nitrogens with one attached hydrogen (secondary N) is 1. The van der Waals surface area contributed by atoms with E-state index in [0.717, 1.165) is 22.8 Å². The number of aromatic amines is 1. The lowest BCUT2D eigenvalue weighted by Crippen LogP contribution is -1.93. The van der Waals surface area contributed by atoms with Gasteiger partial charge in [-0.3, -0.25) is 0 Å². The lowest BCUT2D eigenvalue weighted by molar-refractivity contribution is 0.297. The quantitative estimate of drug-likeness (QED) is 0.878. The summed E-state index contributed by atoms with van der Waals surface area (Å²) in [5.41, 5.74) is 1.68. The fourth-order valence-electron chi connectivity index (χ4n) is 1.62. The lowest BCUT2D eigenvalue weighted by atomic mass is 10.1. The Labute approximate surface area is 104 Å². The number of imidazole rings is 1. The van der Waals surface area contributed by atoms with E-state index in [2.05, 4.69) is 9.97 Å². The standard InChI is InChI=1S/C12H13ClN2O2/c1-17-11-3-2-8(13)6-9(11)10-7-14-12(15-10)4-5-16/h2-3,6-7,16H,4-5H2,1H3,(H,14,15). The minimum Gasteiger partial charge on any atom is -0.496 e. The molecule has 0 radical (unpaired) electrons. The molecular weight excluding hydrogens is 240 g/mol. The molecule has 0 aliphatic heterocycles. The van der Waals surface area contributed by atoms with Crippen LogP contribution >= 0.6 is 11.6 Å². The largest absolute Gasteiger partial charge is 0.496 e. The monoisotopic (exact) mass is 252 g/mol. The van der Waals surface area contributed by atoms with Crippen molar-refractivity contribution in [3.8, 4) is 17.0 Å². The van der Waals surface area contributed by atoms with E-state index in [-0.39, 0.29) is 6.61 Å². The summed E-state index contributed by atoms with van der Waals surface area (Å²) in [6.07, 6.45) is 2.21. The van der Waals surface area contributed by atoms with Crippen LogP contribution in [0.25, 0.3) is 11.3 Å². The Hall–Kier alpha value is -1.52. The number of aliphatic hydroxyl groups is 1. The molecule has 4 nitrogen and oxygen atoms in total. The van der Waals surface area contributed by atoms with Gasteiger partial charge < -0.3 is 14.8 Å². The van der Waals surface area contributed by atoms with Crippen molar-refractivity contribution in [1.82, 2.24) is 9.97 Å². The fourth-order valence-corrected chi connectivity index (χ4v) is 1.80. The van der Waals surface area contributed by atoms with Gasteiger partial charge in [-0.05, 0) is 18.2 Å². The molecule has 0 fully saturated rings. The Morgan fingerprint density at radius 1 is 1.47 bits per heavy atom. The topological polar surface area (TPSA) is 58.1 Å². The number of nitrogens with zero attached hydrogens (tertiary/aromatic N) is 1. The second-order valence-corrected chi connectivity index (χ2v) is 4.00. The Bertz CT molecular complexity index is 511. The number of ether oxygens (including phenoxy) is 1. The maximum atomic E-state index is 8.84. The predicted octanol–water partition coefficient (Wildman–Crippen LogP) is 2.27. The summed E-state index contributed by atoms with van der Waals surface area (Å²) in [4.78, 5) is 7.30. The van der Waals surface area contributed by atoms with Gasteiger partial charge in [0.25, 0.3) is 0 Å².